The summed E-state index contributed by atoms with van der Waals surface area (Å²) in [6.07, 6.45) is -28.6. The molecule has 2 aliphatic heterocycles. The minimum atomic E-state index is -2.54. The molecule has 0 radical (unpaired) electrons. The van der Waals surface area contributed by atoms with Crippen molar-refractivity contribution in [2.24, 2.45) is 11.8 Å². The molecule has 0 unspecified atom stereocenters. The fourth-order valence-corrected chi connectivity index (χ4v) is 9.24. The number of aliphatic hydroxyl groups is 16. The molecule has 24 heteroatoms. The first-order valence-corrected chi connectivity index (χ1v) is 20.7. The number of rotatable bonds is 20. The molecule has 0 aromatic rings. The minimum absolute atomic E-state index is 0.198. The Balaban J connectivity index is 1.54. The van der Waals surface area contributed by atoms with E-state index in [9.17, 15) is 91.3 Å². The van der Waals surface area contributed by atoms with Crippen LogP contribution in [0.2, 0.25) is 0 Å². The second-order valence-corrected chi connectivity index (χ2v) is 16.4. The number of amides is 2. The molecule has 0 aromatic carbocycles. The fraction of sp³-hybridized carbons (Fsp3) is 0.946. The normalized spacial score (nSPS) is 35.7. The Labute approximate surface area is 350 Å². The van der Waals surface area contributed by atoms with Gasteiger partial charge in [-0.3, -0.25) is 9.59 Å². The molecule has 61 heavy (non-hydrogen) atoms. The van der Waals surface area contributed by atoms with E-state index in [1.165, 1.54) is 0 Å². The number of aliphatic hydroxyl groups excluding tert-OH is 16. The highest BCUT2D eigenvalue weighted by atomic mass is 16.7. The maximum atomic E-state index is 13.4. The van der Waals surface area contributed by atoms with E-state index in [1.807, 2.05) is 0 Å². The highest BCUT2D eigenvalue weighted by molar-refractivity contribution is 5.83. The average molecular weight is 891 g/mol. The molecule has 2 heterocycles. The van der Waals surface area contributed by atoms with Gasteiger partial charge in [0.15, 0.2) is 24.8 Å². The Kier molecular flexibility index (Phi) is 19.4. The van der Waals surface area contributed by atoms with Crippen LogP contribution in [0, 0.1) is 11.8 Å². The summed E-state index contributed by atoms with van der Waals surface area (Å²) in [6, 6.07) is 0. The van der Waals surface area contributed by atoms with Gasteiger partial charge in [0.25, 0.3) is 11.8 Å². The predicted octanol–water partition coefficient (Wildman–Crippen LogP) is -8.40. The van der Waals surface area contributed by atoms with E-state index in [2.05, 4.69) is 10.6 Å². The van der Waals surface area contributed by atoms with Crippen LogP contribution in [0.25, 0.3) is 0 Å². The molecule has 24 nitrogen and oxygen atoms in total. The Morgan fingerprint density at radius 3 is 1.15 bits per heavy atom. The summed E-state index contributed by atoms with van der Waals surface area (Å²) in [5, 5.41) is 175. The number of nitrogens with one attached hydrogen (secondary N) is 2. The predicted molar refractivity (Wildman–Crippen MR) is 200 cm³/mol. The van der Waals surface area contributed by atoms with Gasteiger partial charge in [-0.25, -0.2) is 0 Å². The summed E-state index contributed by atoms with van der Waals surface area (Å²) in [7, 11) is 0. The number of carbonyl (C=O) groups excluding carboxylic acids is 2. The van der Waals surface area contributed by atoms with E-state index >= 15 is 0 Å². The van der Waals surface area contributed by atoms with Crippen molar-refractivity contribution in [2.45, 2.75) is 173 Å². The number of ether oxygens (including phenoxy) is 4. The summed E-state index contributed by atoms with van der Waals surface area (Å²) in [5.74, 6) is -4.73. The van der Waals surface area contributed by atoms with E-state index in [0.29, 0.717) is 38.5 Å². The fourth-order valence-electron chi connectivity index (χ4n) is 9.24. The van der Waals surface area contributed by atoms with E-state index in [4.69, 9.17) is 18.9 Å². The highest BCUT2D eigenvalue weighted by Crippen LogP contribution is 2.45. The Bertz CT molecular complexity index is 1260. The Morgan fingerprint density at radius 2 is 0.852 bits per heavy atom. The molecule has 0 bridgehead atoms. The zero-order valence-corrected chi connectivity index (χ0v) is 33.6. The van der Waals surface area contributed by atoms with Crippen LogP contribution < -0.4 is 10.6 Å². The van der Waals surface area contributed by atoms with Crippen molar-refractivity contribution in [3.05, 3.63) is 0 Å². The van der Waals surface area contributed by atoms with Crippen LogP contribution in [-0.2, 0) is 28.5 Å². The van der Waals surface area contributed by atoms with Crippen LogP contribution in [0.1, 0.15) is 64.2 Å². The van der Waals surface area contributed by atoms with E-state index in [1.54, 1.807) is 0 Å². The SMILES string of the molecule is O=C(NCNC(=O)[C@H](O)[C@@H](O)[C@@](O[C@@H]1O[C@H](CO)[C@H](O)[C@H](O)[C@H]1O)(C1CCCCC1)[C@H](O)CO)[C@H](O)[C@@H](O)[C@@](O[C@@H]1O[C@H](CO)[C@H](O)[C@H](O)[C@H]1O)(C1CCCCC1)[C@H](O)CO. The lowest BCUT2D eigenvalue weighted by Crippen LogP contribution is -2.70. The molecule has 2 saturated heterocycles. The van der Waals surface area contributed by atoms with Gasteiger partial charge in [-0.15, -0.1) is 0 Å². The summed E-state index contributed by atoms with van der Waals surface area (Å²) in [5.41, 5.74) is -5.03. The Morgan fingerprint density at radius 1 is 0.525 bits per heavy atom. The van der Waals surface area contributed by atoms with Crippen LogP contribution in [0.3, 0.4) is 0 Å². The van der Waals surface area contributed by atoms with E-state index < -0.39 is 166 Å². The Hall–Kier alpha value is -1.86. The van der Waals surface area contributed by atoms with Crippen molar-refractivity contribution >= 4 is 11.8 Å². The van der Waals surface area contributed by atoms with E-state index in [-0.39, 0.29) is 25.7 Å². The summed E-state index contributed by atoms with van der Waals surface area (Å²) in [6.45, 7) is -4.91. The monoisotopic (exact) mass is 890 g/mol. The van der Waals surface area contributed by atoms with E-state index in [0.717, 1.165) is 0 Å². The molecule has 4 rings (SSSR count). The third-order valence-corrected chi connectivity index (χ3v) is 12.8. The summed E-state index contributed by atoms with van der Waals surface area (Å²) < 4.78 is 22.8. The van der Waals surface area contributed by atoms with Gasteiger partial charge in [0.2, 0.25) is 0 Å². The molecule has 2 aliphatic carbocycles. The largest absolute Gasteiger partial charge is 0.394 e. The van der Waals surface area contributed by atoms with Crippen molar-refractivity contribution in [2.75, 3.05) is 33.1 Å². The van der Waals surface area contributed by atoms with Crippen molar-refractivity contribution in [3.63, 3.8) is 0 Å². The van der Waals surface area contributed by atoms with Crippen LogP contribution in [0.15, 0.2) is 0 Å². The zero-order valence-electron chi connectivity index (χ0n) is 33.6. The maximum Gasteiger partial charge on any atom is 0.253 e. The quantitative estimate of drug-likeness (QED) is 0.0505. The molecule has 18 atom stereocenters. The lowest BCUT2D eigenvalue weighted by atomic mass is 9.69. The van der Waals surface area contributed by atoms with Gasteiger partial charge in [0.1, 0.15) is 84.4 Å². The molecular formula is C37H66N2O22. The molecule has 18 N–H and O–H groups in total. The third kappa shape index (κ3) is 10.8. The zero-order chi connectivity index (χ0) is 45.4. The average Bonchev–Trinajstić information content (AvgIpc) is 3.28. The van der Waals surface area contributed by atoms with Gasteiger partial charge in [-0.2, -0.15) is 0 Å². The molecule has 2 amide bonds. The van der Waals surface area contributed by atoms with Crippen molar-refractivity contribution in [3.8, 4) is 0 Å². The van der Waals surface area contributed by atoms with Gasteiger partial charge >= 0.3 is 0 Å². The van der Waals surface area contributed by atoms with Crippen LogP contribution in [0.4, 0.5) is 0 Å². The van der Waals surface area contributed by atoms with Crippen molar-refractivity contribution in [1.82, 2.24) is 10.6 Å². The van der Waals surface area contributed by atoms with Gasteiger partial charge in [0, 0.05) is 0 Å². The van der Waals surface area contributed by atoms with Crippen LogP contribution in [-0.4, -0.2) is 236 Å². The number of hydrogen-bond donors (Lipinski definition) is 18. The lowest BCUT2D eigenvalue weighted by Gasteiger charge is -2.52. The maximum absolute atomic E-state index is 13.4. The highest BCUT2D eigenvalue weighted by Gasteiger charge is 2.60. The minimum Gasteiger partial charge on any atom is -0.394 e. The van der Waals surface area contributed by atoms with Crippen molar-refractivity contribution < 1.29 is 110 Å². The van der Waals surface area contributed by atoms with Gasteiger partial charge in [-0.05, 0) is 37.5 Å². The van der Waals surface area contributed by atoms with Crippen molar-refractivity contribution in [1.29, 1.82) is 0 Å². The second kappa shape index (κ2) is 22.9. The number of hydrogen-bond acceptors (Lipinski definition) is 22. The first kappa shape index (κ1) is 51.8. The molecule has 0 spiro atoms. The topological polar surface area (TPSA) is 419 Å². The molecular weight excluding hydrogens is 824 g/mol. The molecule has 356 valence electrons. The molecule has 2 saturated carbocycles. The molecule has 4 aliphatic rings. The van der Waals surface area contributed by atoms with Crippen LogP contribution in [0.5, 0.6) is 0 Å². The van der Waals surface area contributed by atoms with Crippen LogP contribution >= 0.6 is 0 Å². The van der Waals surface area contributed by atoms with Gasteiger partial charge in [-0.1, -0.05) is 38.5 Å². The third-order valence-electron chi connectivity index (χ3n) is 12.8. The summed E-state index contributed by atoms with van der Waals surface area (Å²) in [4.78, 5) is 26.7. The molecule has 0 aromatic heterocycles. The van der Waals surface area contributed by atoms with Gasteiger partial charge in [0.05, 0.1) is 33.1 Å². The smallest absolute Gasteiger partial charge is 0.253 e. The first-order valence-electron chi connectivity index (χ1n) is 20.7. The molecule has 4 fully saturated rings. The number of carbonyl (C=O) groups is 2. The van der Waals surface area contributed by atoms with Gasteiger partial charge < -0.3 is 111 Å². The second-order valence-electron chi connectivity index (χ2n) is 16.4. The first-order chi connectivity index (χ1) is 28.9. The summed E-state index contributed by atoms with van der Waals surface area (Å²) >= 11 is 0. The lowest BCUT2D eigenvalue weighted by molar-refractivity contribution is -0.362. The standard InChI is InChI=1S/C37H66N2O22/c40-11-18-22(46)24(48)26(50)34(58-18)60-36(20(44)13-42,16-7-3-1-4-8-16)30(54)28(52)32(56)38-15-39-33(57)29(53)31(55)37(21(45)14-43,17-9-5-2-6-10-17)61-35-27(51)25(49)23(47)19(12-41)59-35/h16-31,34-35,40-55H,1-15H2,(H,38,56)(H,39,57)/t18-,19-,20-,21-,22+,23+,24+,25+,26-,27-,28-,29-,30-,31-,34+,35+,36-,37-/m1/s1.